The van der Waals surface area contributed by atoms with Crippen LogP contribution in [-0.4, -0.2) is 42.1 Å². The van der Waals surface area contributed by atoms with Gasteiger partial charge in [0.1, 0.15) is 11.6 Å². The number of nitrogens with one attached hydrogen (secondary N) is 1. The van der Waals surface area contributed by atoms with Gasteiger partial charge in [0.25, 0.3) is 0 Å². The van der Waals surface area contributed by atoms with Gasteiger partial charge in [-0.25, -0.2) is 0 Å². The van der Waals surface area contributed by atoms with Crippen molar-refractivity contribution in [1.82, 2.24) is 9.97 Å². The van der Waals surface area contributed by atoms with Crippen molar-refractivity contribution in [2.75, 3.05) is 42.3 Å². The van der Waals surface area contributed by atoms with Gasteiger partial charge in [-0.15, -0.1) is 0 Å². The van der Waals surface area contributed by atoms with Crippen molar-refractivity contribution in [3.05, 3.63) is 58.8 Å². The van der Waals surface area contributed by atoms with E-state index in [0.717, 1.165) is 41.9 Å². The van der Waals surface area contributed by atoms with E-state index in [1.807, 2.05) is 36.4 Å². The van der Waals surface area contributed by atoms with E-state index in [2.05, 4.69) is 35.1 Å². The summed E-state index contributed by atoms with van der Waals surface area (Å²) in [6.07, 6.45) is 5.42. The van der Waals surface area contributed by atoms with Crippen LogP contribution in [-0.2, 0) is 9.53 Å². The standard InChI is InChI=1S/C25H29N5O2/c1-25(2)14-18-20(19(31)15-25)17(9-8-16-6-4-3-5-7-16)21-22(26)28-24(29-23(21)27-18)30-10-12-32-13-11-30/h3-9,17H,10-15H2,1-2H3,(H3,26,27,28,29)/b9-8+. The average Bonchev–Trinajstić information content (AvgIpc) is 2.77. The summed E-state index contributed by atoms with van der Waals surface area (Å²) in [5, 5.41) is 3.47. The van der Waals surface area contributed by atoms with Crippen LogP contribution in [0.25, 0.3) is 6.08 Å². The molecule has 1 fully saturated rings. The number of ketones is 1. The molecule has 1 aromatic heterocycles. The Morgan fingerprint density at radius 1 is 1.16 bits per heavy atom. The molecule has 2 aromatic rings. The predicted molar refractivity (Wildman–Crippen MR) is 126 cm³/mol. The third-order valence-electron chi connectivity index (χ3n) is 6.35. The van der Waals surface area contributed by atoms with E-state index < -0.39 is 0 Å². The summed E-state index contributed by atoms with van der Waals surface area (Å²) < 4.78 is 5.46. The Hall–Kier alpha value is -3.19. The topological polar surface area (TPSA) is 93.4 Å². The number of nitrogens with zero attached hydrogens (tertiary/aromatic N) is 3. The number of allylic oxidation sites excluding steroid dienone is 3. The first kappa shape index (κ1) is 20.7. The zero-order valence-electron chi connectivity index (χ0n) is 18.6. The number of hydrogen-bond acceptors (Lipinski definition) is 7. The first-order chi connectivity index (χ1) is 15.4. The van der Waals surface area contributed by atoms with Gasteiger partial charge >= 0.3 is 0 Å². The smallest absolute Gasteiger partial charge is 0.229 e. The number of rotatable bonds is 3. The lowest BCUT2D eigenvalue weighted by molar-refractivity contribution is -0.118. The molecule has 0 amide bonds. The van der Waals surface area contributed by atoms with E-state index in [-0.39, 0.29) is 17.1 Å². The van der Waals surface area contributed by atoms with Crippen LogP contribution in [0.4, 0.5) is 17.6 Å². The lowest BCUT2D eigenvalue weighted by Crippen LogP contribution is -2.38. The highest BCUT2D eigenvalue weighted by atomic mass is 16.5. The second-order valence-electron chi connectivity index (χ2n) is 9.48. The SMILES string of the molecule is CC1(C)CC(=O)C2=C(C1)Nc1nc(N3CCOCC3)nc(N)c1C2/C=C/c1ccccc1. The third kappa shape index (κ3) is 3.88. The Balaban J connectivity index is 1.60. The van der Waals surface area contributed by atoms with Gasteiger partial charge in [0.2, 0.25) is 5.95 Å². The maximum absolute atomic E-state index is 13.3. The zero-order chi connectivity index (χ0) is 22.3. The number of nitrogen functional groups attached to an aromatic ring is 1. The summed E-state index contributed by atoms with van der Waals surface area (Å²) in [6, 6.07) is 10.1. The number of carbonyl (C=O) groups is 1. The number of benzene rings is 1. The monoisotopic (exact) mass is 431 g/mol. The average molecular weight is 432 g/mol. The van der Waals surface area contributed by atoms with Gasteiger partial charge in [-0.3, -0.25) is 4.79 Å². The van der Waals surface area contributed by atoms with Crippen molar-refractivity contribution in [2.45, 2.75) is 32.6 Å². The number of hydrogen-bond donors (Lipinski definition) is 2. The number of fused-ring (bicyclic) bond motifs is 1. The van der Waals surface area contributed by atoms with E-state index in [4.69, 9.17) is 15.5 Å². The molecule has 5 rings (SSSR count). The van der Waals surface area contributed by atoms with Crippen molar-refractivity contribution in [1.29, 1.82) is 0 Å². The molecule has 166 valence electrons. The first-order valence-electron chi connectivity index (χ1n) is 11.2. The first-order valence-corrected chi connectivity index (χ1v) is 11.2. The highest BCUT2D eigenvalue weighted by molar-refractivity contribution is 6.01. The number of Topliss-reactive ketones (excluding diaryl/α,β-unsaturated/α-hetero) is 1. The zero-order valence-corrected chi connectivity index (χ0v) is 18.6. The Morgan fingerprint density at radius 3 is 2.66 bits per heavy atom. The maximum atomic E-state index is 13.3. The summed E-state index contributed by atoms with van der Waals surface area (Å²) in [7, 11) is 0. The molecule has 3 aliphatic rings. The van der Waals surface area contributed by atoms with E-state index in [0.29, 0.717) is 37.2 Å². The molecule has 1 saturated heterocycles. The van der Waals surface area contributed by atoms with Gasteiger partial charge in [0.15, 0.2) is 5.78 Å². The van der Waals surface area contributed by atoms with Crippen LogP contribution in [0.2, 0.25) is 0 Å². The minimum Gasteiger partial charge on any atom is -0.383 e. The molecule has 1 unspecified atom stereocenters. The number of nitrogens with two attached hydrogens (primary N) is 1. The summed E-state index contributed by atoms with van der Waals surface area (Å²) >= 11 is 0. The van der Waals surface area contributed by atoms with Gasteiger partial charge in [-0.2, -0.15) is 9.97 Å². The van der Waals surface area contributed by atoms with Crippen LogP contribution in [0.5, 0.6) is 0 Å². The number of ether oxygens (including phenoxy) is 1. The van der Waals surface area contributed by atoms with E-state index >= 15 is 0 Å². The Kier molecular flexibility index (Phi) is 5.21. The molecule has 1 aromatic carbocycles. The fourth-order valence-electron chi connectivity index (χ4n) is 4.84. The van der Waals surface area contributed by atoms with Gasteiger partial charge in [-0.1, -0.05) is 56.3 Å². The minimum absolute atomic E-state index is 0.0975. The molecule has 0 bridgehead atoms. The van der Waals surface area contributed by atoms with Crippen molar-refractivity contribution in [3.63, 3.8) is 0 Å². The number of aromatic nitrogens is 2. The van der Waals surface area contributed by atoms with E-state index in [9.17, 15) is 4.79 Å². The van der Waals surface area contributed by atoms with Crippen LogP contribution in [0.3, 0.4) is 0 Å². The molecular formula is C25H29N5O2. The summed E-state index contributed by atoms with van der Waals surface area (Å²) in [5.41, 5.74) is 10.0. The van der Waals surface area contributed by atoms with Crippen LogP contribution in [0.1, 0.15) is 43.7 Å². The molecule has 3 N–H and O–H groups in total. The molecule has 0 radical (unpaired) electrons. The molecule has 7 heteroatoms. The van der Waals surface area contributed by atoms with Crippen molar-refractivity contribution in [2.24, 2.45) is 5.41 Å². The summed E-state index contributed by atoms with van der Waals surface area (Å²) in [5.74, 6) is 1.60. The van der Waals surface area contributed by atoms with Gasteiger partial charge in [0.05, 0.1) is 13.2 Å². The van der Waals surface area contributed by atoms with Crippen LogP contribution in [0, 0.1) is 5.41 Å². The molecule has 7 nitrogen and oxygen atoms in total. The predicted octanol–water partition coefficient (Wildman–Crippen LogP) is 3.76. The Labute approximate surface area is 188 Å². The van der Waals surface area contributed by atoms with Gasteiger partial charge in [-0.05, 0) is 17.4 Å². The van der Waals surface area contributed by atoms with Crippen molar-refractivity contribution < 1.29 is 9.53 Å². The Morgan fingerprint density at radius 2 is 1.91 bits per heavy atom. The summed E-state index contributed by atoms with van der Waals surface area (Å²) in [4.78, 5) is 24.9. The molecule has 0 saturated carbocycles. The number of anilines is 3. The molecular weight excluding hydrogens is 402 g/mol. The lowest BCUT2D eigenvalue weighted by atomic mass is 9.70. The Bertz CT molecular complexity index is 1100. The molecule has 2 aliphatic heterocycles. The molecule has 3 heterocycles. The largest absolute Gasteiger partial charge is 0.383 e. The van der Waals surface area contributed by atoms with E-state index in [1.54, 1.807) is 0 Å². The molecule has 1 aliphatic carbocycles. The fourth-order valence-corrected chi connectivity index (χ4v) is 4.84. The number of carbonyl (C=O) groups excluding carboxylic acids is 1. The van der Waals surface area contributed by atoms with Crippen molar-refractivity contribution >= 4 is 29.4 Å². The molecule has 0 spiro atoms. The highest BCUT2D eigenvalue weighted by Crippen LogP contribution is 2.48. The number of morpholine rings is 1. The maximum Gasteiger partial charge on any atom is 0.229 e. The quantitative estimate of drug-likeness (QED) is 0.764. The molecule has 32 heavy (non-hydrogen) atoms. The minimum atomic E-state index is -0.274. The third-order valence-corrected chi connectivity index (χ3v) is 6.35. The van der Waals surface area contributed by atoms with Crippen LogP contribution < -0.4 is 16.0 Å². The molecule has 1 atom stereocenters. The normalized spacial score (nSPS) is 22.5. The second kappa shape index (κ2) is 8.06. The summed E-state index contributed by atoms with van der Waals surface area (Å²) in [6.45, 7) is 7.02. The second-order valence-corrected chi connectivity index (χ2v) is 9.48. The van der Waals surface area contributed by atoms with E-state index in [1.165, 1.54) is 0 Å². The van der Waals surface area contributed by atoms with Crippen LogP contribution >= 0.6 is 0 Å². The van der Waals surface area contributed by atoms with Gasteiger partial charge in [0, 0.05) is 42.3 Å². The lowest BCUT2D eigenvalue weighted by Gasteiger charge is -2.38. The van der Waals surface area contributed by atoms with Crippen molar-refractivity contribution in [3.8, 4) is 0 Å². The fraction of sp³-hybridized carbons (Fsp3) is 0.400. The van der Waals surface area contributed by atoms with Crippen LogP contribution in [0.15, 0.2) is 47.7 Å². The highest BCUT2D eigenvalue weighted by Gasteiger charge is 2.41. The van der Waals surface area contributed by atoms with Gasteiger partial charge < -0.3 is 20.7 Å².